The highest BCUT2D eigenvalue weighted by Gasteiger charge is 2.27. The quantitative estimate of drug-likeness (QED) is 0.354. The summed E-state index contributed by atoms with van der Waals surface area (Å²) in [6, 6.07) is 7.18. The van der Waals surface area contributed by atoms with Crippen molar-refractivity contribution in [3.63, 3.8) is 0 Å². The zero-order valence-electron chi connectivity index (χ0n) is 16.1. The third-order valence-corrected chi connectivity index (χ3v) is 6.37. The maximum absolute atomic E-state index is 12.2. The van der Waals surface area contributed by atoms with Gasteiger partial charge in [-0.3, -0.25) is 0 Å². The molecule has 1 aliphatic carbocycles. The molecule has 152 valence electrons. The Morgan fingerprint density at radius 2 is 1.93 bits per heavy atom. The fourth-order valence-electron chi connectivity index (χ4n) is 3.24. The van der Waals surface area contributed by atoms with Crippen LogP contribution in [0.15, 0.2) is 34.2 Å². The van der Waals surface area contributed by atoms with Crippen LogP contribution in [0, 0.1) is 5.92 Å². The van der Waals surface area contributed by atoms with E-state index in [9.17, 15) is 8.42 Å². The van der Waals surface area contributed by atoms with E-state index in [-0.39, 0.29) is 30.0 Å². The SMILES string of the molecule is CCNC(=NCc1ccc(S(=O)(=O)NC2CC2)cc1)N1CCCC(C)C1.I. The summed E-state index contributed by atoms with van der Waals surface area (Å²) < 4.78 is 27.2. The van der Waals surface area contributed by atoms with E-state index < -0.39 is 10.0 Å². The van der Waals surface area contributed by atoms with Crippen LogP contribution in [-0.4, -0.2) is 45.0 Å². The molecule has 8 heteroatoms. The zero-order chi connectivity index (χ0) is 18.6. The third-order valence-electron chi connectivity index (χ3n) is 4.84. The molecule has 27 heavy (non-hydrogen) atoms. The number of nitrogens with one attached hydrogen (secondary N) is 2. The summed E-state index contributed by atoms with van der Waals surface area (Å²) in [7, 11) is -3.38. The normalized spacial score (nSPS) is 20.9. The number of benzene rings is 1. The van der Waals surface area contributed by atoms with Crippen molar-refractivity contribution in [1.29, 1.82) is 0 Å². The van der Waals surface area contributed by atoms with Crippen LogP contribution in [0.3, 0.4) is 0 Å². The molecule has 3 rings (SSSR count). The molecule has 1 unspecified atom stereocenters. The van der Waals surface area contributed by atoms with Gasteiger partial charge in [0, 0.05) is 25.7 Å². The molecule has 0 spiro atoms. The minimum absolute atomic E-state index is 0. The number of nitrogens with zero attached hydrogens (tertiary/aromatic N) is 2. The molecular weight excluding hydrogens is 475 g/mol. The molecule has 2 fully saturated rings. The van der Waals surface area contributed by atoms with E-state index in [1.807, 2.05) is 12.1 Å². The molecule has 2 N–H and O–H groups in total. The number of hydrogen-bond acceptors (Lipinski definition) is 3. The molecule has 0 bridgehead atoms. The summed E-state index contributed by atoms with van der Waals surface area (Å²) in [5.74, 6) is 1.64. The lowest BCUT2D eigenvalue weighted by Gasteiger charge is -2.33. The Bertz CT molecular complexity index is 733. The van der Waals surface area contributed by atoms with Crippen LogP contribution >= 0.6 is 24.0 Å². The molecule has 1 aromatic rings. The van der Waals surface area contributed by atoms with E-state index in [2.05, 4.69) is 28.8 Å². The smallest absolute Gasteiger partial charge is 0.240 e. The Hall–Kier alpha value is -0.870. The highest BCUT2D eigenvalue weighted by molar-refractivity contribution is 14.0. The highest BCUT2D eigenvalue weighted by Crippen LogP contribution is 2.22. The van der Waals surface area contributed by atoms with Crippen LogP contribution in [0.2, 0.25) is 0 Å². The van der Waals surface area contributed by atoms with E-state index in [1.54, 1.807) is 12.1 Å². The summed E-state index contributed by atoms with van der Waals surface area (Å²) in [5.41, 5.74) is 1.01. The average molecular weight is 506 g/mol. The number of piperidine rings is 1. The molecule has 1 aliphatic heterocycles. The number of likely N-dealkylation sites (tertiary alicyclic amines) is 1. The van der Waals surface area contributed by atoms with Crippen molar-refractivity contribution in [2.75, 3.05) is 19.6 Å². The second kappa shape index (κ2) is 10.1. The third kappa shape index (κ3) is 6.60. The first-order valence-corrected chi connectivity index (χ1v) is 11.1. The van der Waals surface area contributed by atoms with Gasteiger partial charge in [0.2, 0.25) is 10.0 Å². The topological polar surface area (TPSA) is 73.8 Å². The van der Waals surface area contributed by atoms with Crippen LogP contribution in [0.25, 0.3) is 0 Å². The zero-order valence-corrected chi connectivity index (χ0v) is 19.3. The summed E-state index contributed by atoms with van der Waals surface area (Å²) in [6.07, 6.45) is 4.36. The molecule has 1 saturated carbocycles. The van der Waals surface area contributed by atoms with Crippen LogP contribution in [-0.2, 0) is 16.6 Å². The molecule has 6 nitrogen and oxygen atoms in total. The number of rotatable bonds is 6. The Labute approximate surface area is 180 Å². The molecule has 0 amide bonds. The van der Waals surface area contributed by atoms with E-state index in [0.29, 0.717) is 17.4 Å². The van der Waals surface area contributed by atoms with Crippen molar-refractivity contribution in [1.82, 2.24) is 14.9 Å². The molecule has 1 atom stereocenters. The van der Waals surface area contributed by atoms with Gasteiger partial charge in [0.05, 0.1) is 11.4 Å². The van der Waals surface area contributed by atoms with Crippen molar-refractivity contribution in [3.8, 4) is 0 Å². The van der Waals surface area contributed by atoms with Crippen molar-refractivity contribution in [2.24, 2.45) is 10.9 Å². The van der Waals surface area contributed by atoms with Gasteiger partial charge in [0.25, 0.3) is 0 Å². The minimum atomic E-state index is -3.38. The van der Waals surface area contributed by atoms with Gasteiger partial charge in [-0.15, -0.1) is 24.0 Å². The first-order chi connectivity index (χ1) is 12.5. The van der Waals surface area contributed by atoms with Crippen molar-refractivity contribution in [3.05, 3.63) is 29.8 Å². The lowest BCUT2D eigenvalue weighted by Crippen LogP contribution is -2.46. The van der Waals surface area contributed by atoms with Gasteiger partial charge < -0.3 is 10.2 Å². The fourth-order valence-corrected chi connectivity index (χ4v) is 4.54. The largest absolute Gasteiger partial charge is 0.357 e. The second-order valence-electron chi connectivity index (χ2n) is 7.40. The molecule has 0 aromatic heterocycles. The van der Waals surface area contributed by atoms with Crippen molar-refractivity contribution in [2.45, 2.75) is 57.0 Å². The average Bonchev–Trinajstić information content (AvgIpc) is 3.42. The van der Waals surface area contributed by atoms with Gasteiger partial charge in [-0.05, 0) is 56.2 Å². The first kappa shape index (κ1) is 22.4. The van der Waals surface area contributed by atoms with Gasteiger partial charge in [0.1, 0.15) is 0 Å². The Kier molecular flexibility index (Phi) is 8.36. The van der Waals surface area contributed by atoms with Gasteiger partial charge in [-0.2, -0.15) is 0 Å². The van der Waals surface area contributed by atoms with E-state index in [0.717, 1.165) is 44.0 Å². The van der Waals surface area contributed by atoms with Gasteiger partial charge in [0.15, 0.2) is 5.96 Å². The summed E-state index contributed by atoms with van der Waals surface area (Å²) in [5, 5.41) is 3.38. The van der Waals surface area contributed by atoms with Crippen LogP contribution in [0.5, 0.6) is 0 Å². The molecule has 1 saturated heterocycles. The molecule has 2 aliphatic rings. The summed E-state index contributed by atoms with van der Waals surface area (Å²) in [4.78, 5) is 7.42. The highest BCUT2D eigenvalue weighted by atomic mass is 127. The predicted molar refractivity (Wildman–Crippen MR) is 120 cm³/mol. The Morgan fingerprint density at radius 1 is 1.22 bits per heavy atom. The van der Waals surface area contributed by atoms with Gasteiger partial charge in [-0.1, -0.05) is 19.1 Å². The number of hydrogen-bond donors (Lipinski definition) is 2. The first-order valence-electron chi connectivity index (χ1n) is 9.62. The monoisotopic (exact) mass is 506 g/mol. The second-order valence-corrected chi connectivity index (χ2v) is 9.12. The lowest BCUT2D eigenvalue weighted by molar-refractivity contribution is 0.266. The maximum atomic E-state index is 12.2. The Morgan fingerprint density at radius 3 is 2.52 bits per heavy atom. The number of halogens is 1. The van der Waals surface area contributed by atoms with Crippen LogP contribution in [0.4, 0.5) is 0 Å². The summed E-state index contributed by atoms with van der Waals surface area (Å²) in [6.45, 7) is 7.83. The van der Waals surface area contributed by atoms with Crippen LogP contribution in [0.1, 0.15) is 45.1 Å². The number of sulfonamides is 1. The van der Waals surface area contributed by atoms with Crippen LogP contribution < -0.4 is 10.0 Å². The standard InChI is InChI=1S/C19H30N4O2S.HI/c1-3-20-19(23-12-4-5-15(2)14-23)21-13-16-6-10-18(11-7-16)26(24,25)22-17-8-9-17;/h6-7,10-11,15,17,22H,3-5,8-9,12-14H2,1-2H3,(H,20,21);1H. The van der Waals surface area contributed by atoms with Gasteiger partial charge >= 0.3 is 0 Å². The minimum Gasteiger partial charge on any atom is -0.357 e. The van der Waals surface area contributed by atoms with Crippen molar-refractivity contribution < 1.29 is 8.42 Å². The van der Waals surface area contributed by atoms with E-state index in [1.165, 1.54) is 12.8 Å². The Balaban J connectivity index is 0.00000261. The maximum Gasteiger partial charge on any atom is 0.240 e. The molecular formula is C19H31IN4O2S. The van der Waals surface area contributed by atoms with E-state index >= 15 is 0 Å². The van der Waals surface area contributed by atoms with Gasteiger partial charge in [-0.25, -0.2) is 18.1 Å². The fraction of sp³-hybridized carbons (Fsp3) is 0.632. The molecule has 0 radical (unpaired) electrons. The van der Waals surface area contributed by atoms with E-state index in [4.69, 9.17) is 4.99 Å². The number of aliphatic imine (C=N–C) groups is 1. The molecule has 1 aromatic carbocycles. The predicted octanol–water partition coefficient (Wildman–Crippen LogP) is 2.94. The molecule has 1 heterocycles. The number of guanidine groups is 1. The van der Waals surface area contributed by atoms with Crippen molar-refractivity contribution >= 4 is 40.0 Å². The lowest BCUT2D eigenvalue weighted by atomic mass is 10.0. The summed E-state index contributed by atoms with van der Waals surface area (Å²) >= 11 is 0.